The van der Waals surface area contributed by atoms with E-state index < -0.39 is 12.1 Å². The van der Waals surface area contributed by atoms with Crippen molar-refractivity contribution in [2.45, 2.75) is 13.0 Å². The first-order chi connectivity index (χ1) is 3.18. The summed E-state index contributed by atoms with van der Waals surface area (Å²) in [6.45, 7) is 1.24. The van der Waals surface area contributed by atoms with Crippen LogP contribution in [0.3, 0.4) is 0 Å². The van der Waals surface area contributed by atoms with Crippen LogP contribution in [0.4, 0.5) is 0 Å². The SMILES string of the molecule is COC(=O)C(C)[O-].[Na+]. The topological polar surface area (TPSA) is 49.4 Å². The molecule has 0 bridgehead atoms. The molecule has 42 valence electrons. The Hall–Kier alpha value is 0.430. The number of ether oxygens (including phenoxy) is 1. The monoisotopic (exact) mass is 126 g/mol. The van der Waals surface area contributed by atoms with Gasteiger partial charge in [-0.2, -0.15) is 0 Å². The number of methoxy groups -OCH3 is 1. The van der Waals surface area contributed by atoms with Gasteiger partial charge in [-0.1, -0.05) is 6.92 Å². The molecular formula is C4H7NaO3. The summed E-state index contributed by atoms with van der Waals surface area (Å²) in [4.78, 5) is 9.98. The minimum Gasteiger partial charge on any atom is -0.844 e. The smallest absolute Gasteiger partial charge is 0.844 e. The van der Waals surface area contributed by atoms with Crippen LogP contribution >= 0.6 is 0 Å². The van der Waals surface area contributed by atoms with Crippen molar-refractivity contribution in [2.75, 3.05) is 7.11 Å². The normalized spacial score (nSPS) is 11.4. The molecule has 0 aliphatic heterocycles. The molecule has 1 atom stereocenters. The maximum Gasteiger partial charge on any atom is 1.00 e. The van der Waals surface area contributed by atoms with Crippen LogP contribution in [0.5, 0.6) is 0 Å². The molecule has 3 nitrogen and oxygen atoms in total. The van der Waals surface area contributed by atoms with Crippen LogP contribution in [0, 0.1) is 0 Å². The summed E-state index contributed by atoms with van der Waals surface area (Å²) in [6, 6.07) is 0. The van der Waals surface area contributed by atoms with E-state index in [1.54, 1.807) is 0 Å². The molecule has 0 heterocycles. The van der Waals surface area contributed by atoms with Crippen LogP contribution in [-0.2, 0) is 9.53 Å². The standard InChI is InChI=1S/C4H7O3.Na/c1-3(5)4(6)7-2;/h3H,1-2H3;/q-1;+1. The van der Waals surface area contributed by atoms with Crippen molar-refractivity contribution in [3.8, 4) is 0 Å². The predicted molar refractivity (Wildman–Crippen MR) is 21.5 cm³/mol. The molecule has 8 heavy (non-hydrogen) atoms. The average Bonchev–Trinajstić information content (AvgIpc) is 1.65. The summed E-state index contributed by atoms with van der Waals surface area (Å²) in [5.41, 5.74) is 0. The van der Waals surface area contributed by atoms with E-state index >= 15 is 0 Å². The van der Waals surface area contributed by atoms with Crippen LogP contribution in [0.15, 0.2) is 0 Å². The number of hydrogen-bond acceptors (Lipinski definition) is 3. The second kappa shape index (κ2) is 5.56. The molecule has 0 amide bonds. The Bertz CT molecular complexity index is 71.7. The quantitative estimate of drug-likeness (QED) is 0.265. The summed E-state index contributed by atoms with van der Waals surface area (Å²) < 4.78 is 4.06. The van der Waals surface area contributed by atoms with Gasteiger partial charge in [-0.3, -0.25) is 4.79 Å². The molecule has 0 aliphatic rings. The van der Waals surface area contributed by atoms with Gasteiger partial charge in [0.1, 0.15) is 0 Å². The molecule has 0 saturated heterocycles. The molecule has 0 aromatic rings. The Kier molecular flexibility index (Phi) is 7.83. The van der Waals surface area contributed by atoms with Gasteiger partial charge in [0, 0.05) is 0 Å². The van der Waals surface area contributed by atoms with Crippen LogP contribution < -0.4 is 34.7 Å². The molecule has 1 unspecified atom stereocenters. The van der Waals surface area contributed by atoms with Crippen molar-refractivity contribution in [1.29, 1.82) is 0 Å². The Balaban J connectivity index is 0. The largest absolute Gasteiger partial charge is 1.00 e. The third-order valence-electron chi connectivity index (χ3n) is 0.533. The Labute approximate surface area is 70.3 Å². The Morgan fingerprint density at radius 2 is 2.12 bits per heavy atom. The van der Waals surface area contributed by atoms with Crippen molar-refractivity contribution in [2.24, 2.45) is 0 Å². The molecule has 0 aromatic carbocycles. The van der Waals surface area contributed by atoms with Crippen molar-refractivity contribution in [1.82, 2.24) is 0 Å². The molecule has 4 heteroatoms. The van der Waals surface area contributed by atoms with E-state index in [4.69, 9.17) is 0 Å². The minimum atomic E-state index is -1.25. The van der Waals surface area contributed by atoms with Gasteiger partial charge >= 0.3 is 29.6 Å². The molecular weight excluding hydrogens is 119 g/mol. The average molecular weight is 126 g/mol. The van der Waals surface area contributed by atoms with Crippen LogP contribution in [-0.4, -0.2) is 19.2 Å². The zero-order valence-electron chi connectivity index (χ0n) is 5.30. The summed E-state index contributed by atoms with van der Waals surface area (Å²) >= 11 is 0. The maximum atomic E-state index is 9.98. The zero-order chi connectivity index (χ0) is 5.86. The Morgan fingerprint density at radius 3 is 2.12 bits per heavy atom. The molecule has 0 N–H and O–H groups in total. The number of carbonyl (C=O) groups is 1. The van der Waals surface area contributed by atoms with Crippen molar-refractivity contribution in [3.05, 3.63) is 0 Å². The number of esters is 1. The van der Waals surface area contributed by atoms with Gasteiger partial charge in [0.25, 0.3) is 5.97 Å². The van der Waals surface area contributed by atoms with E-state index in [1.807, 2.05) is 0 Å². The molecule has 0 saturated carbocycles. The number of rotatable bonds is 1. The second-order valence-corrected chi connectivity index (χ2v) is 1.17. The molecule has 0 fully saturated rings. The predicted octanol–water partition coefficient (Wildman–Crippen LogP) is -4.09. The first-order valence-electron chi connectivity index (χ1n) is 1.92. The van der Waals surface area contributed by atoms with E-state index in [0.717, 1.165) is 0 Å². The Morgan fingerprint density at radius 1 is 1.75 bits per heavy atom. The fraction of sp³-hybridized carbons (Fsp3) is 0.750. The van der Waals surface area contributed by atoms with Crippen molar-refractivity contribution in [3.63, 3.8) is 0 Å². The second-order valence-electron chi connectivity index (χ2n) is 1.17. The summed E-state index contributed by atoms with van der Waals surface area (Å²) in [5, 5.41) is 9.98. The van der Waals surface area contributed by atoms with Gasteiger partial charge in [0.05, 0.1) is 7.11 Å². The van der Waals surface area contributed by atoms with Crippen LogP contribution in [0.25, 0.3) is 0 Å². The number of hydrogen-bond donors (Lipinski definition) is 0. The van der Waals surface area contributed by atoms with Crippen molar-refractivity contribution >= 4 is 5.97 Å². The third-order valence-corrected chi connectivity index (χ3v) is 0.533. The van der Waals surface area contributed by atoms with Gasteiger partial charge < -0.3 is 9.84 Å². The molecule has 0 radical (unpaired) electrons. The number of carbonyl (C=O) groups excluding carboxylic acids is 1. The minimum absolute atomic E-state index is 0. The fourth-order valence-electron chi connectivity index (χ4n) is 0.166. The molecule has 0 rings (SSSR count). The van der Waals surface area contributed by atoms with Crippen molar-refractivity contribution < 1.29 is 44.2 Å². The maximum absolute atomic E-state index is 9.98. The fourth-order valence-corrected chi connectivity index (χ4v) is 0.166. The summed E-state index contributed by atoms with van der Waals surface area (Å²) in [5.74, 6) is -0.708. The summed E-state index contributed by atoms with van der Waals surface area (Å²) in [7, 11) is 1.19. The first kappa shape index (κ1) is 11.3. The zero-order valence-corrected chi connectivity index (χ0v) is 7.30. The first-order valence-corrected chi connectivity index (χ1v) is 1.92. The van der Waals surface area contributed by atoms with Gasteiger partial charge in [-0.15, -0.1) is 0 Å². The van der Waals surface area contributed by atoms with Gasteiger partial charge in [0.2, 0.25) is 0 Å². The molecule has 0 aromatic heterocycles. The van der Waals surface area contributed by atoms with E-state index in [1.165, 1.54) is 14.0 Å². The molecule has 0 aliphatic carbocycles. The van der Waals surface area contributed by atoms with E-state index in [-0.39, 0.29) is 29.6 Å². The van der Waals surface area contributed by atoms with Gasteiger partial charge in [-0.05, 0) is 6.10 Å². The van der Waals surface area contributed by atoms with E-state index in [0.29, 0.717) is 0 Å². The van der Waals surface area contributed by atoms with Gasteiger partial charge in [-0.25, -0.2) is 0 Å². The molecule has 0 spiro atoms. The van der Waals surface area contributed by atoms with Crippen LogP contribution in [0.2, 0.25) is 0 Å². The third kappa shape index (κ3) is 4.59. The van der Waals surface area contributed by atoms with E-state index in [9.17, 15) is 9.90 Å². The van der Waals surface area contributed by atoms with E-state index in [2.05, 4.69) is 4.74 Å². The summed E-state index contributed by atoms with van der Waals surface area (Å²) in [6.07, 6.45) is -1.25. The van der Waals surface area contributed by atoms with Gasteiger partial charge in [0.15, 0.2) is 0 Å². The van der Waals surface area contributed by atoms with Crippen LogP contribution in [0.1, 0.15) is 6.92 Å².